The van der Waals surface area contributed by atoms with Gasteiger partial charge < -0.3 is 10.5 Å². The number of carbonyl (C=O) groups excluding carboxylic acids is 1. The highest BCUT2D eigenvalue weighted by Crippen LogP contribution is 2.45. The zero-order chi connectivity index (χ0) is 8.65. The molecule has 0 aliphatic heterocycles. The Morgan fingerprint density at radius 3 is 2.33 bits per heavy atom. The second-order valence-corrected chi connectivity index (χ2v) is 3.74. The molecule has 0 aromatic carbocycles. The summed E-state index contributed by atoms with van der Waals surface area (Å²) >= 11 is 0. The highest BCUT2D eigenvalue weighted by molar-refractivity contribution is 5.85. The van der Waals surface area contributed by atoms with E-state index in [4.69, 9.17) is 5.73 Å². The number of hydrogen-bond acceptors (Lipinski definition) is 3. The van der Waals surface area contributed by atoms with Gasteiger partial charge in [-0.2, -0.15) is 0 Å². The molecule has 3 nitrogen and oxygen atoms in total. The molecule has 0 aromatic rings. The molecule has 1 rings (SSSR count). The molecule has 0 heterocycles. The SMILES string of the molecule is COC(=O)[C@@H]1C[C@@H](N)C1(C)C.Cl. The van der Waals surface area contributed by atoms with Crippen molar-refractivity contribution in [2.45, 2.75) is 26.3 Å². The third-order valence-corrected chi connectivity index (χ3v) is 2.83. The first-order valence-electron chi connectivity index (χ1n) is 3.83. The van der Waals surface area contributed by atoms with Crippen LogP contribution in [0.2, 0.25) is 0 Å². The summed E-state index contributed by atoms with van der Waals surface area (Å²) in [6.07, 6.45) is 0.764. The van der Waals surface area contributed by atoms with Crippen LogP contribution in [0.5, 0.6) is 0 Å². The van der Waals surface area contributed by atoms with Crippen LogP contribution in [-0.4, -0.2) is 19.1 Å². The molecule has 0 aromatic heterocycles. The Bertz CT molecular complexity index is 182. The number of rotatable bonds is 1. The number of ether oxygens (including phenoxy) is 1. The molecule has 1 aliphatic rings. The van der Waals surface area contributed by atoms with Crippen molar-refractivity contribution in [3.8, 4) is 0 Å². The fourth-order valence-corrected chi connectivity index (χ4v) is 1.50. The standard InChI is InChI=1S/C8H15NO2.ClH/c1-8(2)5(4-6(8)9)7(10)11-3;/h5-6H,4,9H2,1-3H3;1H/t5-,6+;/m0./s1. The number of esters is 1. The number of halogens is 1. The molecule has 4 heteroatoms. The van der Waals surface area contributed by atoms with Gasteiger partial charge in [0.25, 0.3) is 0 Å². The second kappa shape index (κ2) is 3.62. The Balaban J connectivity index is 0.00000121. The van der Waals surface area contributed by atoms with Crippen LogP contribution in [-0.2, 0) is 9.53 Å². The average Bonchev–Trinajstić information content (AvgIpc) is 1.98. The quantitative estimate of drug-likeness (QED) is 0.631. The van der Waals surface area contributed by atoms with Gasteiger partial charge in [0.05, 0.1) is 13.0 Å². The molecule has 0 bridgehead atoms. The van der Waals surface area contributed by atoms with Gasteiger partial charge in [0.2, 0.25) is 0 Å². The van der Waals surface area contributed by atoms with Crippen molar-refractivity contribution in [2.75, 3.05) is 7.11 Å². The molecule has 72 valence electrons. The van der Waals surface area contributed by atoms with E-state index < -0.39 is 0 Å². The van der Waals surface area contributed by atoms with Crippen LogP contribution >= 0.6 is 12.4 Å². The predicted molar refractivity (Wildman–Crippen MR) is 49.1 cm³/mol. The highest BCUT2D eigenvalue weighted by atomic mass is 35.5. The van der Waals surface area contributed by atoms with Gasteiger partial charge in [0.15, 0.2) is 0 Å². The van der Waals surface area contributed by atoms with Crippen molar-refractivity contribution in [3.63, 3.8) is 0 Å². The van der Waals surface area contributed by atoms with Gasteiger partial charge in [-0.25, -0.2) is 0 Å². The maximum Gasteiger partial charge on any atom is 0.309 e. The summed E-state index contributed by atoms with van der Waals surface area (Å²) in [5.74, 6) is -0.126. The Kier molecular flexibility index (Phi) is 3.54. The zero-order valence-electron chi connectivity index (χ0n) is 7.66. The molecule has 0 radical (unpaired) electrons. The van der Waals surface area contributed by atoms with Gasteiger partial charge in [-0.05, 0) is 11.8 Å². The topological polar surface area (TPSA) is 52.3 Å². The summed E-state index contributed by atoms with van der Waals surface area (Å²) < 4.78 is 4.64. The van der Waals surface area contributed by atoms with Gasteiger partial charge in [0.1, 0.15) is 0 Å². The van der Waals surface area contributed by atoms with Crippen molar-refractivity contribution in [1.29, 1.82) is 0 Å². The van der Waals surface area contributed by atoms with Crippen molar-refractivity contribution in [2.24, 2.45) is 17.1 Å². The smallest absolute Gasteiger partial charge is 0.309 e. The molecule has 1 fully saturated rings. The first-order chi connectivity index (χ1) is 5.00. The third kappa shape index (κ3) is 1.57. The summed E-state index contributed by atoms with van der Waals surface area (Å²) in [4.78, 5) is 11.1. The van der Waals surface area contributed by atoms with Crippen LogP contribution in [0.15, 0.2) is 0 Å². The van der Waals surface area contributed by atoms with E-state index in [0.717, 1.165) is 6.42 Å². The molecule has 1 saturated carbocycles. The van der Waals surface area contributed by atoms with Gasteiger partial charge in [-0.3, -0.25) is 4.79 Å². The lowest BCUT2D eigenvalue weighted by molar-refractivity contribution is -0.157. The molecule has 1 aliphatic carbocycles. The number of hydrogen-bond donors (Lipinski definition) is 1. The summed E-state index contributed by atoms with van der Waals surface area (Å²) in [6, 6.07) is 0.145. The molecular formula is C8H16ClNO2. The Labute approximate surface area is 79.1 Å². The van der Waals surface area contributed by atoms with Crippen LogP contribution in [0.3, 0.4) is 0 Å². The fourth-order valence-electron chi connectivity index (χ4n) is 1.50. The normalized spacial score (nSPS) is 31.3. The largest absolute Gasteiger partial charge is 0.469 e. The van der Waals surface area contributed by atoms with Crippen LogP contribution in [0.1, 0.15) is 20.3 Å². The van der Waals surface area contributed by atoms with E-state index in [1.807, 2.05) is 13.8 Å². The van der Waals surface area contributed by atoms with Crippen LogP contribution in [0.25, 0.3) is 0 Å². The first kappa shape index (κ1) is 11.7. The van der Waals surface area contributed by atoms with Crippen LogP contribution in [0.4, 0.5) is 0 Å². The minimum Gasteiger partial charge on any atom is -0.469 e. The molecule has 0 amide bonds. The maximum atomic E-state index is 11.1. The second-order valence-electron chi connectivity index (χ2n) is 3.74. The average molecular weight is 194 g/mol. The summed E-state index contributed by atoms with van der Waals surface area (Å²) in [5, 5.41) is 0. The van der Waals surface area contributed by atoms with E-state index in [0.29, 0.717) is 0 Å². The Morgan fingerprint density at radius 2 is 2.08 bits per heavy atom. The fraction of sp³-hybridized carbons (Fsp3) is 0.875. The Morgan fingerprint density at radius 1 is 1.58 bits per heavy atom. The highest BCUT2D eigenvalue weighted by Gasteiger charge is 2.50. The molecule has 12 heavy (non-hydrogen) atoms. The zero-order valence-corrected chi connectivity index (χ0v) is 8.48. The van der Waals surface area contributed by atoms with Gasteiger partial charge >= 0.3 is 5.97 Å². The minimum atomic E-state index is -0.128. The minimum absolute atomic E-state index is 0. The third-order valence-electron chi connectivity index (χ3n) is 2.83. The lowest BCUT2D eigenvalue weighted by Crippen LogP contribution is -2.57. The predicted octanol–water partition coefficient (Wildman–Crippen LogP) is 0.955. The summed E-state index contributed by atoms with van der Waals surface area (Å²) in [6.45, 7) is 4.01. The van der Waals surface area contributed by atoms with E-state index in [1.54, 1.807) is 0 Å². The van der Waals surface area contributed by atoms with Crippen molar-refractivity contribution < 1.29 is 9.53 Å². The maximum absolute atomic E-state index is 11.1. The van der Waals surface area contributed by atoms with E-state index in [2.05, 4.69) is 4.74 Å². The monoisotopic (exact) mass is 193 g/mol. The summed E-state index contributed by atoms with van der Waals surface area (Å²) in [5.41, 5.74) is 5.66. The van der Waals surface area contributed by atoms with E-state index >= 15 is 0 Å². The molecule has 0 unspecified atom stereocenters. The van der Waals surface area contributed by atoms with E-state index in [9.17, 15) is 4.79 Å². The lowest BCUT2D eigenvalue weighted by atomic mass is 9.59. The molecule has 2 atom stereocenters. The van der Waals surface area contributed by atoms with Crippen molar-refractivity contribution >= 4 is 18.4 Å². The molecule has 0 spiro atoms. The van der Waals surface area contributed by atoms with Crippen LogP contribution in [0, 0.1) is 11.3 Å². The molecular weight excluding hydrogens is 178 g/mol. The first-order valence-corrected chi connectivity index (χ1v) is 3.83. The van der Waals surface area contributed by atoms with Crippen molar-refractivity contribution in [1.82, 2.24) is 0 Å². The van der Waals surface area contributed by atoms with Crippen LogP contribution < -0.4 is 5.73 Å². The van der Waals surface area contributed by atoms with Crippen molar-refractivity contribution in [3.05, 3.63) is 0 Å². The lowest BCUT2D eigenvalue weighted by Gasteiger charge is -2.48. The summed E-state index contributed by atoms with van der Waals surface area (Å²) in [7, 11) is 1.42. The van der Waals surface area contributed by atoms with E-state index in [-0.39, 0.29) is 35.8 Å². The van der Waals surface area contributed by atoms with Gasteiger partial charge in [-0.15, -0.1) is 12.4 Å². The van der Waals surface area contributed by atoms with Gasteiger partial charge in [0, 0.05) is 6.04 Å². The molecule has 2 N–H and O–H groups in total. The Hall–Kier alpha value is -0.280. The number of methoxy groups -OCH3 is 1. The van der Waals surface area contributed by atoms with Gasteiger partial charge in [-0.1, -0.05) is 13.8 Å². The van der Waals surface area contributed by atoms with E-state index in [1.165, 1.54) is 7.11 Å². The number of nitrogens with two attached hydrogens (primary N) is 1. The molecule has 0 saturated heterocycles. The number of carbonyl (C=O) groups is 1.